The summed E-state index contributed by atoms with van der Waals surface area (Å²) in [6.45, 7) is 0.0994. The number of alkyl carbamates (subject to hydrolysis) is 1. The first-order valence-electron chi connectivity index (χ1n) is 8.43. The molecule has 1 atom stereocenters. The fourth-order valence-corrected chi connectivity index (χ4v) is 3.69. The van der Waals surface area contributed by atoms with E-state index in [0.29, 0.717) is 0 Å². The molecule has 0 aromatic heterocycles. The van der Waals surface area contributed by atoms with Crippen LogP contribution in [0, 0.1) is 0 Å². The zero-order valence-electron chi connectivity index (χ0n) is 14.4. The van der Waals surface area contributed by atoms with Crippen LogP contribution in [0.2, 0.25) is 0 Å². The van der Waals surface area contributed by atoms with Gasteiger partial charge in [0.05, 0.1) is 11.8 Å². The van der Waals surface area contributed by atoms with Crippen LogP contribution in [0.4, 0.5) is 4.79 Å². The van der Waals surface area contributed by atoms with Gasteiger partial charge in [-0.1, -0.05) is 64.5 Å². The molecule has 2 aromatic carbocycles. The maximum absolute atomic E-state index is 12.1. The van der Waals surface area contributed by atoms with Crippen molar-refractivity contribution < 1.29 is 24.2 Å². The van der Waals surface area contributed by atoms with Crippen LogP contribution in [0.3, 0.4) is 0 Å². The highest BCUT2D eigenvalue weighted by Crippen LogP contribution is 2.44. The standard InChI is InChI=1S/C20H18BrNO5/c21-10-18(23)17(9-19(24)25)22-20(26)27-11-16-14-7-3-1-5-12(14)13-6-2-4-8-15(13)16/h1-8,16-17H,9-11H2,(H,22,26)(H,24,25). The van der Waals surface area contributed by atoms with E-state index in [1.165, 1.54) is 0 Å². The average molecular weight is 432 g/mol. The summed E-state index contributed by atoms with van der Waals surface area (Å²) in [6.07, 6.45) is -1.30. The number of carboxylic acid groups (broad SMARTS) is 1. The minimum absolute atomic E-state index is 0.0470. The molecule has 27 heavy (non-hydrogen) atoms. The van der Waals surface area contributed by atoms with Crippen molar-refractivity contribution in [3.8, 4) is 11.1 Å². The normalized spacial score (nSPS) is 13.4. The third-order valence-electron chi connectivity index (χ3n) is 4.53. The second-order valence-corrected chi connectivity index (χ2v) is 6.78. The molecule has 1 unspecified atom stereocenters. The molecule has 1 aliphatic rings. The fraction of sp³-hybridized carbons (Fsp3) is 0.250. The molecule has 0 radical (unpaired) electrons. The molecule has 2 N–H and O–H groups in total. The molecule has 0 aliphatic heterocycles. The maximum atomic E-state index is 12.1. The first-order valence-corrected chi connectivity index (χ1v) is 9.55. The van der Waals surface area contributed by atoms with Gasteiger partial charge in [0, 0.05) is 5.92 Å². The number of fused-ring (bicyclic) bond motifs is 3. The SMILES string of the molecule is O=C(O)CC(NC(=O)OCC1c2ccccc2-c2ccccc21)C(=O)CBr. The lowest BCUT2D eigenvalue weighted by atomic mass is 9.98. The molecule has 2 aromatic rings. The van der Waals surface area contributed by atoms with Gasteiger partial charge in [0.2, 0.25) is 0 Å². The Hall–Kier alpha value is -2.67. The summed E-state index contributed by atoms with van der Waals surface area (Å²) in [7, 11) is 0. The summed E-state index contributed by atoms with van der Waals surface area (Å²) in [5.41, 5.74) is 4.37. The first kappa shape index (κ1) is 19.1. The lowest BCUT2D eigenvalue weighted by molar-refractivity contribution is -0.139. The molecular formula is C20H18BrNO5. The number of nitrogens with one attached hydrogen (secondary N) is 1. The summed E-state index contributed by atoms with van der Waals surface area (Å²) in [5, 5.41) is 11.2. The van der Waals surface area contributed by atoms with Crippen LogP contribution in [0.15, 0.2) is 48.5 Å². The Morgan fingerprint density at radius 2 is 1.59 bits per heavy atom. The topological polar surface area (TPSA) is 92.7 Å². The summed E-state index contributed by atoms with van der Waals surface area (Å²) in [4.78, 5) is 34.8. The Morgan fingerprint density at radius 1 is 1.04 bits per heavy atom. The zero-order valence-corrected chi connectivity index (χ0v) is 15.9. The van der Waals surface area contributed by atoms with Crippen molar-refractivity contribution in [1.29, 1.82) is 0 Å². The van der Waals surface area contributed by atoms with Crippen molar-refractivity contribution in [2.24, 2.45) is 0 Å². The summed E-state index contributed by atoms with van der Waals surface area (Å²) in [5.74, 6) is -1.70. The van der Waals surface area contributed by atoms with Gasteiger partial charge in [0.25, 0.3) is 0 Å². The van der Waals surface area contributed by atoms with Crippen LogP contribution < -0.4 is 5.32 Å². The fourth-order valence-electron chi connectivity index (χ4n) is 3.30. The van der Waals surface area contributed by atoms with Crippen molar-refractivity contribution in [2.75, 3.05) is 11.9 Å². The molecule has 0 saturated heterocycles. The molecule has 1 amide bonds. The number of rotatable bonds is 7. The summed E-state index contributed by atoms with van der Waals surface area (Å²) in [6, 6.07) is 14.8. The van der Waals surface area contributed by atoms with E-state index in [1.807, 2.05) is 48.5 Å². The van der Waals surface area contributed by atoms with Gasteiger partial charge in [0.15, 0.2) is 5.78 Å². The predicted molar refractivity (Wildman–Crippen MR) is 103 cm³/mol. The summed E-state index contributed by atoms with van der Waals surface area (Å²) < 4.78 is 5.34. The number of ketones is 1. The van der Waals surface area contributed by atoms with Gasteiger partial charge in [-0.05, 0) is 22.3 Å². The molecule has 0 saturated carbocycles. The molecule has 0 bridgehead atoms. The number of halogens is 1. The Bertz CT molecular complexity index is 837. The van der Waals surface area contributed by atoms with Gasteiger partial charge >= 0.3 is 12.1 Å². The summed E-state index contributed by atoms with van der Waals surface area (Å²) >= 11 is 2.99. The van der Waals surface area contributed by atoms with Gasteiger partial charge < -0.3 is 15.2 Å². The van der Waals surface area contributed by atoms with E-state index in [-0.39, 0.29) is 17.9 Å². The van der Waals surface area contributed by atoms with Gasteiger partial charge in [-0.25, -0.2) is 4.79 Å². The van der Waals surface area contributed by atoms with Gasteiger partial charge in [-0.15, -0.1) is 0 Å². The van der Waals surface area contributed by atoms with Gasteiger partial charge in [-0.3, -0.25) is 9.59 Å². The first-order chi connectivity index (χ1) is 13.0. The third-order valence-corrected chi connectivity index (χ3v) is 5.09. The predicted octanol–water partition coefficient (Wildman–Crippen LogP) is 3.33. The number of aliphatic carboxylic acids is 1. The molecule has 7 heteroatoms. The molecule has 0 fully saturated rings. The lowest BCUT2D eigenvalue weighted by Crippen LogP contribution is -2.43. The van der Waals surface area contributed by atoms with E-state index in [2.05, 4.69) is 21.2 Å². The number of benzene rings is 2. The lowest BCUT2D eigenvalue weighted by Gasteiger charge is -2.17. The van der Waals surface area contributed by atoms with E-state index in [1.54, 1.807) is 0 Å². The molecule has 0 spiro atoms. The second-order valence-electron chi connectivity index (χ2n) is 6.22. The van der Waals surface area contributed by atoms with Crippen molar-refractivity contribution in [2.45, 2.75) is 18.4 Å². The highest BCUT2D eigenvalue weighted by molar-refractivity contribution is 9.09. The quantitative estimate of drug-likeness (QED) is 0.655. The molecule has 140 valence electrons. The van der Waals surface area contributed by atoms with Crippen LogP contribution in [0.5, 0.6) is 0 Å². The van der Waals surface area contributed by atoms with E-state index in [4.69, 9.17) is 9.84 Å². The molecule has 3 rings (SSSR count). The van der Waals surface area contributed by atoms with E-state index >= 15 is 0 Å². The van der Waals surface area contributed by atoms with Gasteiger partial charge in [-0.2, -0.15) is 0 Å². The molecular weight excluding hydrogens is 414 g/mol. The number of alkyl halides is 1. The van der Waals surface area contributed by atoms with Crippen molar-refractivity contribution >= 4 is 33.8 Å². The van der Waals surface area contributed by atoms with Crippen LogP contribution in [-0.2, 0) is 14.3 Å². The Morgan fingerprint density at radius 3 is 2.11 bits per heavy atom. The van der Waals surface area contributed by atoms with Crippen molar-refractivity contribution in [3.63, 3.8) is 0 Å². The number of amides is 1. The second kappa shape index (κ2) is 8.35. The van der Waals surface area contributed by atoms with Crippen LogP contribution in [-0.4, -0.2) is 40.9 Å². The van der Waals surface area contributed by atoms with Crippen LogP contribution in [0.25, 0.3) is 11.1 Å². The number of Topliss-reactive ketones (excluding diaryl/α,β-unsaturated/α-hetero) is 1. The Labute approximate surface area is 164 Å². The maximum Gasteiger partial charge on any atom is 0.407 e. The Balaban J connectivity index is 1.70. The van der Waals surface area contributed by atoms with Crippen molar-refractivity contribution in [1.82, 2.24) is 5.32 Å². The van der Waals surface area contributed by atoms with E-state index < -0.39 is 30.3 Å². The number of hydrogen-bond acceptors (Lipinski definition) is 4. The third kappa shape index (κ3) is 4.19. The number of ether oxygens (including phenoxy) is 1. The highest BCUT2D eigenvalue weighted by Gasteiger charge is 2.30. The largest absolute Gasteiger partial charge is 0.481 e. The van der Waals surface area contributed by atoms with Crippen LogP contribution >= 0.6 is 15.9 Å². The molecule has 1 aliphatic carbocycles. The minimum atomic E-state index is -1.17. The van der Waals surface area contributed by atoms with Crippen molar-refractivity contribution in [3.05, 3.63) is 59.7 Å². The smallest absolute Gasteiger partial charge is 0.407 e. The zero-order chi connectivity index (χ0) is 19.4. The highest BCUT2D eigenvalue weighted by atomic mass is 79.9. The van der Waals surface area contributed by atoms with Crippen LogP contribution in [0.1, 0.15) is 23.5 Å². The number of carbonyl (C=O) groups excluding carboxylic acids is 2. The Kier molecular flexibility index (Phi) is 5.91. The van der Waals surface area contributed by atoms with E-state index in [9.17, 15) is 14.4 Å². The van der Waals surface area contributed by atoms with Gasteiger partial charge in [0.1, 0.15) is 12.6 Å². The minimum Gasteiger partial charge on any atom is -0.481 e. The molecule has 0 heterocycles. The molecule has 6 nitrogen and oxygen atoms in total. The van der Waals surface area contributed by atoms with E-state index in [0.717, 1.165) is 22.3 Å². The number of carbonyl (C=O) groups is 3. The average Bonchev–Trinajstić information content (AvgIpc) is 2.99. The number of hydrogen-bond donors (Lipinski definition) is 2. The number of carboxylic acids is 1. The monoisotopic (exact) mass is 431 g/mol.